The van der Waals surface area contributed by atoms with Crippen molar-refractivity contribution in [2.45, 2.75) is 43.5 Å². The number of hydrogen-bond donors (Lipinski definition) is 3. The summed E-state index contributed by atoms with van der Waals surface area (Å²) in [6.07, 6.45) is -4.71. The van der Waals surface area contributed by atoms with Crippen molar-refractivity contribution in [3.8, 4) is 5.75 Å². The molecule has 0 bridgehead atoms. The Morgan fingerprint density at radius 2 is 1.74 bits per heavy atom. The molecule has 1 fully saturated rings. The van der Waals surface area contributed by atoms with Crippen molar-refractivity contribution in [2.75, 3.05) is 27.4 Å². The molecule has 0 radical (unpaired) electrons. The van der Waals surface area contributed by atoms with Crippen molar-refractivity contribution in [1.82, 2.24) is 0 Å². The van der Waals surface area contributed by atoms with E-state index in [0.717, 1.165) is 16.9 Å². The van der Waals surface area contributed by atoms with Crippen LogP contribution in [0.1, 0.15) is 23.6 Å². The normalized spacial score (nSPS) is 28.5. The topological polar surface area (TPSA) is 97.6 Å². The number of benzene rings is 2. The molecule has 8 heteroatoms. The van der Waals surface area contributed by atoms with Gasteiger partial charge in [0.1, 0.15) is 30.2 Å². The Morgan fingerprint density at radius 1 is 1.03 bits per heavy atom. The van der Waals surface area contributed by atoms with Crippen molar-refractivity contribution >= 4 is 11.6 Å². The van der Waals surface area contributed by atoms with Gasteiger partial charge in [-0.25, -0.2) is 0 Å². The van der Waals surface area contributed by atoms with E-state index in [9.17, 15) is 15.3 Å². The average Bonchev–Trinajstić information content (AvgIpc) is 2.77. The summed E-state index contributed by atoms with van der Waals surface area (Å²) < 4.78 is 22.1. The zero-order valence-corrected chi connectivity index (χ0v) is 18.6. The van der Waals surface area contributed by atoms with Crippen LogP contribution in [-0.2, 0) is 26.4 Å². The third kappa shape index (κ3) is 4.88. The predicted molar refractivity (Wildman–Crippen MR) is 115 cm³/mol. The Labute approximate surface area is 187 Å². The van der Waals surface area contributed by atoms with Crippen LogP contribution in [-0.4, -0.2) is 67.2 Å². The number of aliphatic hydroxyl groups excluding tert-OH is 3. The fraction of sp³-hybridized carbons (Fsp3) is 0.478. The summed E-state index contributed by atoms with van der Waals surface area (Å²) in [5.41, 5.74) is 2.28. The van der Waals surface area contributed by atoms with Crippen LogP contribution >= 0.6 is 11.6 Å². The lowest BCUT2D eigenvalue weighted by Crippen LogP contribution is -2.64. The molecule has 31 heavy (non-hydrogen) atoms. The molecule has 2 aromatic rings. The van der Waals surface area contributed by atoms with Gasteiger partial charge in [0.2, 0.25) is 5.79 Å². The van der Waals surface area contributed by atoms with Gasteiger partial charge in [-0.1, -0.05) is 29.8 Å². The largest absolute Gasteiger partial charge is 0.494 e. The van der Waals surface area contributed by atoms with Gasteiger partial charge in [0.15, 0.2) is 0 Å². The molecule has 0 saturated carbocycles. The van der Waals surface area contributed by atoms with E-state index >= 15 is 0 Å². The molecule has 0 aliphatic carbocycles. The first-order valence-electron chi connectivity index (χ1n) is 10.1. The SMILES string of the molecule is CCOc1ccc(Cc2cc([C@]3(OC)O[C@H](COC)[C@@H](O)[C@H](O)[C@H]3O)ccc2Cl)cc1. The van der Waals surface area contributed by atoms with Gasteiger partial charge in [-0.15, -0.1) is 0 Å². The van der Waals surface area contributed by atoms with Crippen molar-refractivity contribution in [3.63, 3.8) is 0 Å². The molecule has 170 valence electrons. The molecule has 1 aliphatic heterocycles. The predicted octanol–water partition coefficient (Wildman–Crippen LogP) is 2.26. The number of halogens is 1. The first-order valence-corrected chi connectivity index (χ1v) is 10.5. The highest BCUT2D eigenvalue weighted by Crippen LogP contribution is 2.40. The van der Waals surface area contributed by atoms with Crippen LogP contribution in [0, 0.1) is 0 Å². The van der Waals surface area contributed by atoms with E-state index in [1.54, 1.807) is 18.2 Å². The van der Waals surface area contributed by atoms with Crippen LogP contribution in [0.4, 0.5) is 0 Å². The lowest BCUT2D eigenvalue weighted by molar-refractivity contribution is -0.366. The van der Waals surface area contributed by atoms with Gasteiger partial charge in [-0.3, -0.25) is 0 Å². The van der Waals surface area contributed by atoms with Crippen LogP contribution < -0.4 is 4.74 Å². The molecule has 0 amide bonds. The molecule has 0 aromatic heterocycles. The number of aliphatic hydroxyl groups is 3. The van der Waals surface area contributed by atoms with Crippen molar-refractivity contribution in [3.05, 3.63) is 64.2 Å². The summed E-state index contributed by atoms with van der Waals surface area (Å²) in [7, 11) is 2.83. The van der Waals surface area contributed by atoms with Crippen molar-refractivity contribution in [2.24, 2.45) is 0 Å². The number of rotatable bonds is 8. The first kappa shape index (κ1) is 23.9. The van der Waals surface area contributed by atoms with Crippen LogP contribution in [0.5, 0.6) is 5.75 Å². The number of ether oxygens (including phenoxy) is 4. The van der Waals surface area contributed by atoms with Crippen molar-refractivity contribution in [1.29, 1.82) is 0 Å². The highest BCUT2D eigenvalue weighted by Gasteiger charge is 2.55. The first-order chi connectivity index (χ1) is 14.9. The summed E-state index contributed by atoms with van der Waals surface area (Å²) in [4.78, 5) is 0. The maximum absolute atomic E-state index is 10.8. The van der Waals surface area contributed by atoms with Crippen LogP contribution in [0.15, 0.2) is 42.5 Å². The molecular formula is C23H29ClO7. The molecule has 0 unspecified atom stereocenters. The Hall–Kier alpha value is -1.71. The molecule has 1 heterocycles. The molecular weight excluding hydrogens is 424 g/mol. The second-order valence-corrected chi connectivity index (χ2v) is 7.88. The standard InChI is InChI=1S/C23H29ClO7/c1-4-30-17-8-5-14(6-9-17)11-15-12-16(7-10-18(15)24)23(29-3)22(27)21(26)20(25)19(31-23)13-28-2/h5-10,12,19-22,25-27H,4,11,13H2,1-3H3/t19-,20-,21+,22-,23+/m1/s1. The minimum Gasteiger partial charge on any atom is -0.494 e. The average molecular weight is 453 g/mol. The van der Waals surface area contributed by atoms with Crippen molar-refractivity contribution < 1.29 is 34.3 Å². The van der Waals surface area contributed by atoms with E-state index in [1.807, 2.05) is 31.2 Å². The lowest BCUT2D eigenvalue weighted by Gasteiger charge is -2.48. The summed E-state index contributed by atoms with van der Waals surface area (Å²) in [6.45, 7) is 2.54. The van der Waals surface area contributed by atoms with Gasteiger partial charge in [-0.2, -0.15) is 0 Å². The summed E-state index contributed by atoms with van der Waals surface area (Å²) in [5.74, 6) is -0.903. The van der Waals surface area contributed by atoms with E-state index in [4.69, 9.17) is 30.5 Å². The molecule has 7 nitrogen and oxygen atoms in total. The highest BCUT2D eigenvalue weighted by atomic mass is 35.5. The zero-order chi connectivity index (χ0) is 22.6. The third-order valence-electron chi connectivity index (χ3n) is 5.48. The third-order valence-corrected chi connectivity index (χ3v) is 5.85. The van der Waals surface area contributed by atoms with E-state index in [0.29, 0.717) is 23.6 Å². The Morgan fingerprint density at radius 3 is 2.35 bits per heavy atom. The van der Waals surface area contributed by atoms with E-state index in [-0.39, 0.29) is 6.61 Å². The van der Waals surface area contributed by atoms with Gasteiger partial charge in [-0.05, 0) is 48.7 Å². The maximum Gasteiger partial charge on any atom is 0.224 e. The number of methoxy groups -OCH3 is 2. The molecule has 2 aromatic carbocycles. The van der Waals surface area contributed by atoms with E-state index in [2.05, 4.69) is 0 Å². The van der Waals surface area contributed by atoms with Crippen LogP contribution in [0.25, 0.3) is 0 Å². The fourth-order valence-electron chi connectivity index (χ4n) is 3.84. The maximum atomic E-state index is 10.8. The molecule has 3 N–H and O–H groups in total. The molecule has 3 rings (SSSR count). The molecule has 0 spiro atoms. The Balaban J connectivity index is 1.93. The molecule has 1 saturated heterocycles. The van der Waals surface area contributed by atoms with Crippen LogP contribution in [0.2, 0.25) is 5.02 Å². The molecule has 1 aliphatic rings. The summed E-state index contributed by atoms with van der Waals surface area (Å²) in [5, 5.41) is 32.0. The lowest BCUT2D eigenvalue weighted by atomic mass is 9.87. The van der Waals surface area contributed by atoms with Crippen LogP contribution in [0.3, 0.4) is 0 Å². The van der Waals surface area contributed by atoms with Gasteiger partial charge in [0.25, 0.3) is 0 Å². The fourth-order valence-corrected chi connectivity index (χ4v) is 4.02. The van der Waals surface area contributed by atoms with Gasteiger partial charge in [0, 0.05) is 24.8 Å². The zero-order valence-electron chi connectivity index (χ0n) is 17.8. The molecule has 5 atom stereocenters. The summed E-state index contributed by atoms with van der Waals surface area (Å²) >= 11 is 6.44. The summed E-state index contributed by atoms with van der Waals surface area (Å²) in [6, 6.07) is 12.9. The minimum atomic E-state index is -1.69. The minimum absolute atomic E-state index is 0.0166. The van der Waals surface area contributed by atoms with E-state index in [1.165, 1.54) is 14.2 Å². The Bertz CT molecular complexity index is 860. The van der Waals surface area contributed by atoms with Gasteiger partial charge >= 0.3 is 0 Å². The second kappa shape index (κ2) is 10.3. The highest BCUT2D eigenvalue weighted by molar-refractivity contribution is 6.31. The Kier molecular flexibility index (Phi) is 7.93. The number of hydrogen-bond acceptors (Lipinski definition) is 7. The monoisotopic (exact) mass is 452 g/mol. The quantitative estimate of drug-likeness (QED) is 0.565. The van der Waals surface area contributed by atoms with Gasteiger partial charge < -0.3 is 34.3 Å². The van der Waals surface area contributed by atoms with E-state index < -0.39 is 30.2 Å². The van der Waals surface area contributed by atoms with Gasteiger partial charge in [0.05, 0.1) is 13.2 Å². The smallest absolute Gasteiger partial charge is 0.224 e. The second-order valence-electron chi connectivity index (χ2n) is 7.47.